The van der Waals surface area contributed by atoms with Crippen molar-refractivity contribution in [2.24, 2.45) is 0 Å². The van der Waals surface area contributed by atoms with Crippen LogP contribution < -0.4 is 4.74 Å². The fraction of sp³-hybridized carbons (Fsp3) is 0.300. The zero-order valence-electron chi connectivity index (χ0n) is 8.50. The van der Waals surface area contributed by atoms with E-state index in [0.29, 0.717) is 0 Å². The van der Waals surface area contributed by atoms with Gasteiger partial charge in [-0.25, -0.2) is 9.18 Å². The highest BCUT2D eigenvalue weighted by Gasteiger charge is 2.17. The van der Waals surface area contributed by atoms with Crippen molar-refractivity contribution in [2.45, 2.75) is 0 Å². The Labute approximate surface area is 100 Å². The lowest BCUT2D eigenvalue weighted by atomic mass is 10.2. The highest BCUT2D eigenvalue weighted by molar-refractivity contribution is 9.10. The smallest absolute Gasteiger partial charge is 0.339 e. The number of esters is 1. The van der Waals surface area contributed by atoms with Gasteiger partial charge in [0.1, 0.15) is 6.61 Å². The molecule has 0 fully saturated rings. The number of hydrogen-bond donors (Lipinski definition) is 1. The standard InChI is InChI=1S/C10H10BrFO4/c1-15-10(14)6-2-3-7(16-5-4-13)9(12)8(6)11/h2-3,13H,4-5H2,1H3. The maximum absolute atomic E-state index is 13.6. The molecule has 0 unspecified atom stereocenters. The SMILES string of the molecule is COC(=O)c1ccc(OCCO)c(F)c1Br. The largest absolute Gasteiger partial charge is 0.488 e. The minimum absolute atomic E-state index is 0.0130. The zero-order chi connectivity index (χ0) is 12.1. The Bertz CT molecular complexity index is 395. The molecular weight excluding hydrogens is 283 g/mol. The van der Waals surface area contributed by atoms with Crippen LogP contribution in [0.15, 0.2) is 16.6 Å². The monoisotopic (exact) mass is 292 g/mol. The number of carbonyl (C=O) groups is 1. The van der Waals surface area contributed by atoms with Gasteiger partial charge in [-0.2, -0.15) is 0 Å². The zero-order valence-corrected chi connectivity index (χ0v) is 10.1. The third-order valence-corrected chi connectivity index (χ3v) is 2.58. The van der Waals surface area contributed by atoms with E-state index in [1.165, 1.54) is 19.2 Å². The molecule has 0 atom stereocenters. The highest BCUT2D eigenvalue weighted by Crippen LogP contribution is 2.29. The maximum Gasteiger partial charge on any atom is 0.339 e. The van der Waals surface area contributed by atoms with Crippen LogP contribution in [-0.2, 0) is 4.74 Å². The van der Waals surface area contributed by atoms with Crippen molar-refractivity contribution >= 4 is 21.9 Å². The van der Waals surface area contributed by atoms with Crippen LogP contribution in [0, 0.1) is 5.82 Å². The minimum atomic E-state index is -0.698. The normalized spacial score (nSPS) is 10.0. The summed E-state index contributed by atoms with van der Waals surface area (Å²) in [6.45, 7) is -0.225. The summed E-state index contributed by atoms with van der Waals surface area (Å²) in [5, 5.41) is 8.54. The van der Waals surface area contributed by atoms with Crippen molar-refractivity contribution in [3.8, 4) is 5.75 Å². The summed E-state index contributed by atoms with van der Waals surface area (Å²) in [6.07, 6.45) is 0. The predicted octanol–water partition coefficient (Wildman–Crippen LogP) is 1.75. The molecule has 0 aliphatic heterocycles. The first-order valence-corrected chi connectivity index (χ1v) is 5.21. The molecule has 4 nitrogen and oxygen atoms in total. The van der Waals surface area contributed by atoms with Gasteiger partial charge < -0.3 is 14.6 Å². The molecule has 1 aromatic carbocycles. The third kappa shape index (κ3) is 2.70. The molecule has 0 bridgehead atoms. The molecule has 0 saturated carbocycles. The quantitative estimate of drug-likeness (QED) is 0.859. The van der Waals surface area contributed by atoms with Crippen molar-refractivity contribution in [3.63, 3.8) is 0 Å². The first-order valence-electron chi connectivity index (χ1n) is 4.41. The molecule has 0 amide bonds. The van der Waals surface area contributed by atoms with Gasteiger partial charge in [-0.05, 0) is 28.1 Å². The summed E-state index contributed by atoms with van der Waals surface area (Å²) in [5.74, 6) is -1.37. The first-order chi connectivity index (χ1) is 7.61. The van der Waals surface area contributed by atoms with Gasteiger partial charge in [-0.1, -0.05) is 0 Å². The van der Waals surface area contributed by atoms with Crippen molar-refractivity contribution < 1.29 is 23.8 Å². The van der Waals surface area contributed by atoms with Gasteiger partial charge in [-0.15, -0.1) is 0 Å². The van der Waals surface area contributed by atoms with E-state index in [4.69, 9.17) is 9.84 Å². The lowest BCUT2D eigenvalue weighted by Gasteiger charge is -2.09. The summed E-state index contributed by atoms with van der Waals surface area (Å²) in [7, 11) is 1.21. The summed E-state index contributed by atoms with van der Waals surface area (Å²) in [5.41, 5.74) is 0.0800. The summed E-state index contributed by atoms with van der Waals surface area (Å²) in [4.78, 5) is 11.2. The first kappa shape index (κ1) is 12.9. The number of carbonyl (C=O) groups excluding carboxylic acids is 1. The molecule has 0 aliphatic carbocycles. The Morgan fingerprint density at radius 2 is 2.25 bits per heavy atom. The number of hydrogen-bond acceptors (Lipinski definition) is 4. The molecule has 0 radical (unpaired) electrons. The van der Waals surface area contributed by atoms with Crippen LogP contribution in [0.3, 0.4) is 0 Å². The number of methoxy groups -OCH3 is 1. The van der Waals surface area contributed by atoms with Crippen molar-refractivity contribution in [2.75, 3.05) is 20.3 Å². The topological polar surface area (TPSA) is 55.8 Å². The van der Waals surface area contributed by atoms with Crippen LogP contribution in [0.25, 0.3) is 0 Å². The van der Waals surface area contributed by atoms with Gasteiger partial charge in [0.15, 0.2) is 11.6 Å². The van der Waals surface area contributed by atoms with E-state index in [1.54, 1.807) is 0 Å². The van der Waals surface area contributed by atoms with E-state index in [0.717, 1.165) is 0 Å². The Hall–Kier alpha value is -1.14. The second kappa shape index (κ2) is 5.81. The minimum Gasteiger partial charge on any atom is -0.488 e. The Balaban J connectivity index is 3.03. The van der Waals surface area contributed by atoms with E-state index in [2.05, 4.69) is 20.7 Å². The van der Waals surface area contributed by atoms with Crippen LogP contribution in [0.5, 0.6) is 5.75 Å². The molecule has 0 aliphatic rings. The van der Waals surface area contributed by atoms with Crippen LogP contribution in [0.1, 0.15) is 10.4 Å². The molecule has 1 rings (SSSR count). The third-order valence-electron chi connectivity index (χ3n) is 1.80. The number of ether oxygens (including phenoxy) is 2. The molecule has 0 spiro atoms. The highest BCUT2D eigenvalue weighted by atomic mass is 79.9. The number of rotatable bonds is 4. The molecule has 16 heavy (non-hydrogen) atoms. The molecule has 0 heterocycles. The number of benzene rings is 1. The number of aliphatic hydroxyl groups excluding tert-OH is 1. The van der Waals surface area contributed by atoms with E-state index >= 15 is 0 Å². The Morgan fingerprint density at radius 3 is 2.81 bits per heavy atom. The molecular formula is C10H10BrFO4. The van der Waals surface area contributed by atoms with Crippen LogP contribution >= 0.6 is 15.9 Å². The Morgan fingerprint density at radius 1 is 1.56 bits per heavy atom. The van der Waals surface area contributed by atoms with E-state index < -0.39 is 11.8 Å². The molecule has 1 aromatic rings. The van der Waals surface area contributed by atoms with Gasteiger partial charge in [0.05, 0.1) is 23.8 Å². The van der Waals surface area contributed by atoms with Gasteiger partial charge in [0, 0.05) is 0 Å². The molecule has 1 N–H and O–H groups in total. The van der Waals surface area contributed by atoms with E-state index in [9.17, 15) is 9.18 Å². The van der Waals surface area contributed by atoms with Crippen LogP contribution in [-0.4, -0.2) is 31.4 Å². The number of aliphatic hydroxyl groups is 1. The fourth-order valence-corrected chi connectivity index (χ4v) is 1.56. The number of halogens is 2. The Kier molecular flexibility index (Phi) is 4.70. The molecule has 0 saturated heterocycles. The molecule has 0 aromatic heterocycles. The lowest BCUT2D eigenvalue weighted by Crippen LogP contribution is -2.07. The van der Waals surface area contributed by atoms with Gasteiger partial charge >= 0.3 is 5.97 Å². The van der Waals surface area contributed by atoms with Crippen molar-refractivity contribution in [1.29, 1.82) is 0 Å². The van der Waals surface area contributed by atoms with E-state index in [1.807, 2.05) is 0 Å². The van der Waals surface area contributed by atoms with Crippen molar-refractivity contribution in [3.05, 3.63) is 28.0 Å². The van der Waals surface area contributed by atoms with Gasteiger partial charge in [-0.3, -0.25) is 0 Å². The average molecular weight is 293 g/mol. The molecule has 88 valence electrons. The van der Waals surface area contributed by atoms with Crippen LogP contribution in [0.4, 0.5) is 4.39 Å². The van der Waals surface area contributed by atoms with Crippen molar-refractivity contribution in [1.82, 2.24) is 0 Å². The lowest BCUT2D eigenvalue weighted by molar-refractivity contribution is 0.0599. The predicted molar refractivity (Wildman–Crippen MR) is 58.0 cm³/mol. The second-order valence-corrected chi connectivity index (χ2v) is 3.60. The summed E-state index contributed by atoms with van der Waals surface area (Å²) in [6, 6.07) is 2.69. The van der Waals surface area contributed by atoms with Crippen LogP contribution in [0.2, 0.25) is 0 Å². The van der Waals surface area contributed by atoms with E-state index in [-0.39, 0.29) is 29.0 Å². The summed E-state index contributed by atoms with van der Waals surface area (Å²) >= 11 is 2.95. The summed E-state index contributed by atoms with van der Waals surface area (Å²) < 4.78 is 23.0. The molecule has 6 heteroatoms. The van der Waals surface area contributed by atoms with Gasteiger partial charge in [0.25, 0.3) is 0 Å². The second-order valence-electron chi connectivity index (χ2n) is 2.80. The van der Waals surface area contributed by atoms with Gasteiger partial charge in [0.2, 0.25) is 0 Å². The maximum atomic E-state index is 13.6. The average Bonchev–Trinajstić information content (AvgIpc) is 2.30. The fourth-order valence-electron chi connectivity index (χ4n) is 1.07.